The van der Waals surface area contributed by atoms with Crippen molar-refractivity contribution in [2.45, 2.75) is 37.5 Å². The standard InChI is InChI=1S/C20H24N2O3S/c1-15(2)16-7-5-9-18(13-16)21-20(23)17-8-6-10-19(14-17)26(24,25)22-11-3-4-12-22/h5-10,13-15H,3-4,11-12H2,1-2H3,(H,21,23). The fourth-order valence-electron chi connectivity index (χ4n) is 3.05. The van der Waals surface area contributed by atoms with E-state index in [1.54, 1.807) is 18.2 Å². The molecule has 1 N–H and O–H groups in total. The van der Waals surface area contributed by atoms with E-state index in [9.17, 15) is 13.2 Å². The van der Waals surface area contributed by atoms with Gasteiger partial charge in [0, 0.05) is 24.3 Å². The van der Waals surface area contributed by atoms with Crippen LogP contribution in [0.4, 0.5) is 5.69 Å². The Bertz CT molecular complexity index is 901. The normalized spacial score (nSPS) is 15.3. The minimum Gasteiger partial charge on any atom is -0.322 e. The molecule has 1 saturated heterocycles. The fourth-order valence-corrected chi connectivity index (χ4v) is 4.62. The highest BCUT2D eigenvalue weighted by molar-refractivity contribution is 7.89. The van der Waals surface area contributed by atoms with Gasteiger partial charge in [-0.3, -0.25) is 4.79 Å². The number of nitrogens with one attached hydrogen (secondary N) is 1. The molecule has 2 aromatic rings. The maximum atomic E-state index is 12.7. The molecule has 1 aliphatic rings. The summed E-state index contributed by atoms with van der Waals surface area (Å²) in [7, 11) is -3.53. The Morgan fingerprint density at radius 3 is 2.42 bits per heavy atom. The Kier molecular flexibility index (Phi) is 5.44. The van der Waals surface area contributed by atoms with Crippen LogP contribution >= 0.6 is 0 Å². The Labute approximate surface area is 155 Å². The lowest BCUT2D eigenvalue weighted by molar-refractivity contribution is 0.102. The van der Waals surface area contributed by atoms with Crippen molar-refractivity contribution in [3.8, 4) is 0 Å². The third-order valence-electron chi connectivity index (χ3n) is 4.61. The van der Waals surface area contributed by atoms with Gasteiger partial charge in [-0.15, -0.1) is 0 Å². The first-order valence-electron chi connectivity index (χ1n) is 8.89. The van der Waals surface area contributed by atoms with Crippen LogP contribution < -0.4 is 5.32 Å². The first-order valence-corrected chi connectivity index (χ1v) is 10.3. The Balaban J connectivity index is 1.81. The Morgan fingerprint density at radius 2 is 1.73 bits per heavy atom. The van der Waals surface area contributed by atoms with E-state index in [0.29, 0.717) is 30.3 Å². The minimum absolute atomic E-state index is 0.169. The molecule has 0 saturated carbocycles. The molecule has 1 amide bonds. The molecule has 0 radical (unpaired) electrons. The van der Waals surface area contributed by atoms with Crippen molar-refractivity contribution in [2.75, 3.05) is 18.4 Å². The van der Waals surface area contributed by atoms with E-state index >= 15 is 0 Å². The van der Waals surface area contributed by atoms with Crippen molar-refractivity contribution < 1.29 is 13.2 Å². The van der Waals surface area contributed by atoms with Crippen LogP contribution in [0.1, 0.15) is 48.5 Å². The summed E-state index contributed by atoms with van der Waals surface area (Å²) in [6.45, 7) is 5.27. The lowest BCUT2D eigenvalue weighted by atomic mass is 10.0. The first kappa shape index (κ1) is 18.6. The molecule has 0 aliphatic carbocycles. The molecule has 5 nitrogen and oxygen atoms in total. The number of carbonyl (C=O) groups excluding carboxylic acids is 1. The smallest absolute Gasteiger partial charge is 0.255 e. The van der Waals surface area contributed by atoms with Gasteiger partial charge in [0.2, 0.25) is 10.0 Å². The number of amides is 1. The van der Waals surface area contributed by atoms with E-state index < -0.39 is 10.0 Å². The zero-order valence-corrected chi connectivity index (χ0v) is 15.9. The van der Waals surface area contributed by atoms with Crippen LogP contribution in [0.5, 0.6) is 0 Å². The van der Waals surface area contributed by atoms with Crippen molar-refractivity contribution in [3.05, 3.63) is 59.7 Å². The van der Waals surface area contributed by atoms with Crippen LogP contribution in [0.25, 0.3) is 0 Å². The molecule has 3 rings (SSSR count). The summed E-state index contributed by atoms with van der Waals surface area (Å²) in [5.41, 5.74) is 2.17. The molecule has 6 heteroatoms. The molecule has 1 aliphatic heterocycles. The number of anilines is 1. The van der Waals surface area contributed by atoms with Gasteiger partial charge in [-0.25, -0.2) is 8.42 Å². The number of carbonyl (C=O) groups is 1. The third-order valence-corrected chi connectivity index (χ3v) is 6.50. The maximum absolute atomic E-state index is 12.7. The SMILES string of the molecule is CC(C)c1cccc(NC(=O)c2cccc(S(=O)(=O)N3CCCC3)c2)c1. The van der Waals surface area contributed by atoms with Gasteiger partial charge in [0.1, 0.15) is 0 Å². The summed E-state index contributed by atoms with van der Waals surface area (Å²) in [5.74, 6) is 0.0464. The van der Waals surface area contributed by atoms with Crippen LogP contribution in [-0.2, 0) is 10.0 Å². The van der Waals surface area contributed by atoms with Gasteiger partial charge in [-0.1, -0.05) is 32.0 Å². The maximum Gasteiger partial charge on any atom is 0.255 e. The highest BCUT2D eigenvalue weighted by Gasteiger charge is 2.27. The average molecular weight is 372 g/mol. The summed E-state index contributed by atoms with van der Waals surface area (Å²) in [6.07, 6.45) is 1.76. The number of nitrogens with zero attached hydrogens (tertiary/aromatic N) is 1. The molecule has 1 fully saturated rings. The van der Waals surface area contributed by atoms with Crippen LogP contribution in [0.3, 0.4) is 0 Å². The fraction of sp³-hybridized carbons (Fsp3) is 0.350. The highest BCUT2D eigenvalue weighted by atomic mass is 32.2. The monoisotopic (exact) mass is 372 g/mol. The lowest BCUT2D eigenvalue weighted by Crippen LogP contribution is -2.28. The minimum atomic E-state index is -3.53. The van der Waals surface area contributed by atoms with E-state index in [1.165, 1.54) is 10.4 Å². The van der Waals surface area contributed by atoms with E-state index in [4.69, 9.17) is 0 Å². The summed E-state index contributed by atoms with van der Waals surface area (Å²) < 4.78 is 26.8. The van der Waals surface area contributed by atoms with Crippen molar-refractivity contribution in [3.63, 3.8) is 0 Å². The second kappa shape index (κ2) is 7.60. The van der Waals surface area contributed by atoms with Crippen molar-refractivity contribution in [1.29, 1.82) is 0 Å². The quantitative estimate of drug-likeness (QED) is 0.867. The van der Waals surface area contributed by atoms with E-state index in [2.05, 4.69) is 19.2 Å². The van der Waals surface area contributed by atoms with E-state index in [-0.39, 0.29) is 10.8 Å². The number of hydrogen-bond donors (Lipinski definition) is 1. The van der Waals surface area contributed by atoms with Gasteiger partial charge in [-0.05, 0) is 54.7 Å². The van der Waals surface area contributed by atoms with Crippen LogP contribution in [0, 0.1) is 0 Å². The van der Waals surface area contributed by atoms with Gasteiger partial charge in [0.15, 0.2) is 0 Å². The predicted octanol–water partition coefficient (Wildman–Crippen LogP) is 3.85. The summed E-state index contributed by atoms with van der Waals surface area (Å²) in [4.78, 5) is 12.7. The summed E-state index contributed by atoms with van der Waals surface area (Å²) in [5, 5.41) is 2.85. The number of hydrogen-bond acceptors (Lipinski definition) is 3. The van der Waals surface area contributed by atoms with Gasteiger partial charge in [-0.2, -0.15) is 4.31 Å². The van der Waals surface area contributed by atoms with Gasteiger partial charge < -0.3 is 5.32 Å². The van der Waals surface area contributed by atoms with Crippen LogP contribution in [0.15, 0.2) is 53.4 Å². The molecule has 0 unspecified atom stereocenters. The van der Waals surface area contributed by atoms with Gasteiger partial charge in [0.05, 0.1) is 4.90 Å². The summed E-state index contributed by atoms with van der Waals surface area (Å²) in [6, 6.07) is 13.9. The topological polar surface area (TPSA) is 66.5 Å². The molecule has 0 bridgehead atoms. The van der Waals surface area contributed by atoms with E-state index in [0.717, 1.165) is 18.4 Å². The number of rotatable bonds is 5. The van der Waals surface area contributed by atoms with Crippen molar-refractivity contribution >= 4 is 21.6 Å². The van der Waals surface area contributed by atoms with Gasteiger partial charge >= 0.3 is 0 Å². The van der Waals surface area contributed by atoms with Crippen LogP contribution in [0.2, 0.25) is 0 Å². The van der Waals surface area contributed by atoms with Crippen molar-refractivity contribution in [1.82, 2.24) is 4.31 Å². The van der Waals surface area contributed by atoms with Gasteiger partial charge in [0.25, 0.3) is 5.91 Å². The highest BCUT2D eigenvalue weighted by Crippen LogP contribution is 2.23. The third kappa shape index (κ3) is 3.97. The molecule has 0 spiro atoms. The number of benzene rings is 2. The zero-order chi connectivity index (χ0) is 18.7. The molecule has 1 heterocycles. The van der Waals surface area contributed by atoms with E-state index in [1.807, 2.05) is 24.3 Å². The van der Waals surface area contributed by atoms with Crippen molar-refractivity contribution in [2.24, 2.45) is 0 Å². The van der Waals surface area contributed by atoms with Crippen LogP contribution in [-0.4, -0.2) is 31.7 Å². The second-order valence-corrected chi connectivity index (χ2v) is 8.81. The molecule has 26 heavy (non-hydrogen) atoms. The predicted molar refractivity (Wildman–Crippen MR) is 103 cm³/mol. The molecular weight excluding hydrogens is 348 g/mol. The molecule has 0 atom stereocenters. The molecule has 138 valence electrons. The average Bonchev–Trinajstić information content (AvgIpc) is 3.17. The summed E-state index contributed by atoms with van der Waals surface area (Å²) >= 11 is 0. The molecule has 2 aromatic carbocycles. The molecular formula is C20H24N2O3S. The zero-order valence-electron chi connectivity index (χ0n) is 15.1. The Hall–Kier alpha value is -2.18. The second-order valence-electron chi connectivity index (χ2n) is 6.87. The Morgan fingerprint density at radius 1 is 1.04 bits per heavy atom. The number of sulfonamides is 1. The molecule has 0 aromatic heterocycles. The largest absolute Gasteiger partial charge is 0.322 e. The first-order chi connectivity index (χ1) is 12.4. The lowest BCUT2D eigenvalue weighted by Gasteiger charge is -2.16.